The van der Waals surface area contributed by atoms with Crippen LogP contribution in [0.2, 0.25) is 0 Å². The van der Waals surface area contributed by atoms with Gasteiger partial charge in [0.15, 0.2) is 5.78 Å². The van der Waals surface area contributed by atoms with Gasteiger partial charge in [-0.25, -0.2) is 0 Å². The van der Waals surface area contributed by atoms with Crippen LogP contribution in [-0.4, -0.2) is 15.6 Å². The summed E-state index contributed by atoms with van der Waals surface area (Å²) in [6, 6.07) is 9.46. The molecule has 2 aromatic rings. The topological polar surface area (TPSA) is 34.9 Å². The molecule has 0 spiro atoms. The van der Waals surface area contributed by atoms with Crippen molar-refractivity contribution in [2.75, 3.05) is 0 Å². The third-order valence-electron chi connectivity index (χ3n) is 2.39. The second-order valence-electron chi connectivity index (χ2n) is 3.56. The van der Waals surface area contributed by atoms with Crippen LogP contribution in [0.3, 0.4) is 0 Å². The molecule has 2 rings (SSSR count). The summed E-state index contributed by atoms with van der Waals surface area (Å²) in [7, 11) is 0. The predicted octanol–water partition coefficient (Wildman–Crippen LogP) is 2.68. The number of rotatable bonds is 3. The van der Waals surface area contributed by atoms with Gasteiger partial charge in [-0.15, -0.1) is 0 Å². The van der Waals surface area contributed by atoms with Gasteiger partial charge < -0.3 is 0 Å². The Kier molecular flexibility index (Phi) is 3.38. The van der Waals surface area contributed by atoms with E-state index in [2.05, 4.69) is 27.7 Å². The van der Waals surface area contributed by atoms with E-state index < -0.39 is 0 Å². The monoisotopic (exact) mass is 326 g/mol. The molecule has 0 radical (unpaired) electrons. The molecule has 82 valence electrons. The van der Waals surface area contributed by atoms with E-state index in [0.29, 0.717) is 6.54 Å². The van der Waals surface area contributed by atoms with E-state index in [1.54, 1.807) is 10.9 Å². The number of carbonyl (C=O) groups is 1. The van der Waals surface area contributed by atoms with Crippen LogP contribution in [-0.2, 0) is 6.54 Å². The molecule has 0 unspecified atom stereocenters. The Bertz CT molecular complexity index is 502. The summed E-state index contributed by atoms with van der Waals surface area (Å²) in [5, 5.41) is 4.09. The molecule has 0 aliphatic carbocycles. The van der Waals surface area contributed by atoms with Gasteiger partial charge in [-0.3, -0.25) is 9.48 Å². The van der Waals surface area contributed by atoms with Gasteiger partial charge in [0, 0.05) is 21.0 Å². The normalized spacial score (nSPS) is 10.4. The predicted molar refractivity (Wildman–Crippen MR) is 70.5 cm³/mol. The number of nitrogens with zero attached hydrogens (tertiary/aromatic N) is 2. The maximum atomic E-state index is 11.9. The van der Waals surface area contributed by atoms with Crippen LogP contribution in [0.15, 0.2) is 36.5 Å². The number of benzene rings is 1. The lowest BCUT2D eigenvalue weighted by Gasteiger charge is -2.03. The molecule has 0 N–H and O–H groups in total. The van der Waals surface area contributed by atoms with Gasteiger partial charge in [0.1, 0.15) is 6.54 Å². The lowest BCUT2D eigenvalue weighted by molar-refractivity contribution is 0.0967. The summed E-state index contributed by atoms with van der Waals surface area (Å²) >= 11 is 2.22. The number of halogens is 1. The maximum absolute atomic E-state index is 11.9. The second-order valence-corrected chi connectivity index (χ2v) is 4.81. The number of aryl methyl sites for hydroxylation is 1. The number of hydrogen-bond acceptors (Lipinski definition) is 2. The Balaban J connectivity index is 2.15. The van der Waals surface area contributed by atoms with Crippen LogP contribution in [0.1, 0.15) is 16.1 Å². The van der Waals surface area contributed by atoms with Crippen molar-refractivity contribution in [1.82, 2.24) is 9.78 Å². The van der Waals surface area contributed by atoms with Gasteiger partial charge in [0.05, 0.1) is 0 Å². The Morgan fingerprint density at radius 3 is 2.56 bits per heavy atom. The highest BCUT2D eigenvalue weighted by molar-refractivity contribution is 14.1. The minimum atomic E-state index is 0.0863. The summed E-state index contributed by atoms with van der Waals surface area (Å²) < 4.78 is 2.84. The van der Waals surface area contributed by atoms with Crippen molar-refractivity contribution in [3.05, 3.63) is 51.4 Å². The molecular weight excluding hydrogens is 315 g/mol. The molecule has 1 aromatic carbocycles. The molecule has 0 atom stereocenters. The molecule has 0 saturated carbocycles. The SMILES string of the molecule is Cc1ccnn1CC(=O)c1ccc(I)cc1. The van der Waals surface area contributed by atoms with E-state index in [-0.39, 0.29) is 5.78 Å². The first kappa shape index (κ1) is 11.3. The van der Waals surface area contributed by atoms with Crippen molar-refractivity contribution in [1.29, 1.82) is 0 Å². The van der Waals surface area contributed by atoms with Crippen molar-refractivity contribution in [3.8, 4) is 0 Å². The Morgan fingerprint density at radius 2 is 2.00 bits per heavy atom. The Morgan fingerprint density at radius 1 is 1.31 bits per heavy atom. The average Bonchev–Trinajstić information content (AvgIpc) is 2.65. The first-order valence-corrected chi connectivity index (χ1v) is 6.02. The molecular formula is C12H11IN2O. The van der Waals surface area contributed by atoms with Crippen LogP contribution < -0.4 is 0 Å². The van der Waals surface area contributed by atoms with E-state index in [9.17, 15) is 4.79 Å². The third-order valence-corrected chi connectivity index (χ3v) is 3.11. The molecule has 3 nitrogen and oxygen atoms in total. The van der Waals surface area contributed by atoms with Gasteiger partial charge in [-0.2, -0.15) is 5.10 Å². The van der Waals surface area contributed by atoms with Crippen LogP contribution >= 0.6 is 22.6 Å². The summed E-state index contributed by atoms with van der Waals surface area (Å²) in [5.74, 6) is 0.0863. The van der Waals surface area contributed by atoms with Crippen molar-refractivity contribution in [3.63, 3.8) is 0 Å². The molecule has 0 aliphatic rings. The van der Waals surface area contributed by atoms with Gasteiger partial charge in [0.2, 0.25) is 0 Å². The molecule has 1 aromatic heterocycles. The fourth-order valence-corrected chi connectivity index (χ4v) is 1.79. The van der Waals surface area contributed by atoms with Crippen LogP contribution in [0.4, 0.5) is 0 Å². The Hall–Kier alpha value is -1.17. The van der Waals surface area contributed by atoms with E-state index in [1.807, 2.05) is 37.3 Å². The lowest BCUT2D eigenvalue weighted by Crippen LogP contribution is -2.12. The number of hydrogen-bond donors (Lipinski definition) is 0. The van der Waals surface area contributed by atoms with Crippen LogP contribution in [0.25, 0.3) is 0 Å². The van der Waals surface area contributed by atoms with E-state index in [0.717, 1.165) is 14.8 Å². The second kappa shape index (κ2) is 4.78. The van der Waals surface area contributed by atoms with Crippen molar-refractivity contribution in [2.24, 2.45) is 0 Å². The molecule has 1 heterocycles. The van der Waals surface area contributed by atoms with Crippen molar-refractivity contribution in [2.45, 2.75) is 13.5 Å². The van der Waals surface area contributed by atoms with Crippen molar-refractivity contribution < 1.29 is 4.79 Å². The zero-order valence-corrected chi connectivity index (χ0v) is 11.0. The number of aromatic nitrogens is 2. The highest BCUT2D eigenvalue weighted by Gasteiger charge is 2.07. The van der Waals surface area contributed by atoms with Crippen LogP contribution in [0.5, 0.6) is 0 Å². The fraction of sp³-hybridized carbons (Fsp3) is 0.167. The maximum Gasteiger partial charge on any atom is 0.184 e. The highest BCUT2D eigenvalue weighted by Crippen LogP contribution is 2.08. The molecule has 16 heavy (non-hydrogen) atoms. The standard InChI is InChI=1S/C12H11IN2O/c1-9-6-7-14-15(9)8-12(16)10-2-4-11(13)5-3-10/h2-7H,8H2,1H3. The molecule has 0 fully saturated rings. The minimum Gasteiger partial charge on any atom is -0.292 e. The van der Waals surface area contributed by atoms with Gasteiger partial charge >= 0.3 is 0 Å². The average molecular weight is 326 g/mol. The molecule has 0 amide bonds. The van der Waals surface area contributed by atoms with E-state index in [4.69, 9.17) is 0 Å². The first-order valence-electron chi connectivity index (χ1n) is 4.94. The lowest BCUT2D eigenvalue weighted by atomic mass is 10.1. The van der Waals surface area contributed by atoms with E-state index in [1.165, 1.54) is 0 Å². The van der Waals surface area contributed by atoms with Crippen molar-refractivity contribution >= 4 is 28.4 Å². The quantitative estimate of drug-likeness (QED) is 0.642. The Labute approximate surface area is 108 Å². The molecule has 4 heteroatoms. The zero-order chi connectivity index (χ0) is 11.5. The summed E-state index contributed by atoms with van der Waals surface area (Å²) in [4.78, 5) is 11.9. The summed E-state index contributed by atoms with van der Waals surface area (Å²) in [6.07, 6.45) is 1.70. The first-order chi connectivity index (χ1) is 7.66. The minimum absolute atomic E-state index is 0.0863. The molecule has 0 saturated heterocycles. The van der Waals surface area contributed by atoms with Gasteiger partial charge in [0.25, 0.3) is 0 Å². The highest BCUT2D eigenvalue weighted by atomic mass is 127. The summed E-state index contributed by atoms with van der Waals surface area (Å²) in [5.41, 5.74) is 1.73. The molecule has 0 aliphatic heterocycles. The smallest absolute Gasteiger partial charge is 0.184 e. The third kappa shape index (κ3) is 2.49. The number of ketones is 1. The van der Waals surface area contributed by atoms with Crippen LogP contribution in [0, 0.1) is 10.5 Å². The number of carbonyl (C=O) groups excluding carboxylic acids is 1. The van der Waals surface area contributed by atoms with E-state index >= 15 is 0 Å². The summed E-state index contributed by atoms with van der Waals surface area (Å²) in [6.45, 7) is 2.24. The largest absolute Gasteiger partial charge is 0.292 e. The molecule has 0 bridgehead atoms. The zero-order valence-electron chi connectivity index (χ0n) is 8.85. The van der Waals surface area contributed by atoms with Gasteiger partial charge in [-0.05, 0) is 47.7 Å². The van der Waals surface area contributed by atoms with Gasteiger partial charge in [-0.1, -0.05) is 12.1 Å². The fourth-order valence-electron chi connectivity index (χ4n) is 1.43. The number of Topliss-reactive ketones (excluding diaryl/α,β-unsaturated/α-hetero) is 1.